The van der Waals surface area contributed by atoms with Gasteiger partial charge < -0.3 is 10.1 Å². The summed E-state index contributed by atoms with van der Waals surface area (Å²) in [4.78, 5) is 12.6. The molecule has 0 saturated heterocycles. The fourth-order valence-electron chi connectivity index (χ4n) is 2.39. The largest absolute Gasteiger partial charge is 0.383 e. The topological polar surface area (TPSA) is 84.5 Å². The molecule has 1 atom stereocenters. The van der Waals surface area contributed by atoms with E-state index in [2.05, 4.69) is 10.0 Å². The number of ether oxygens (including phenoxy) is 1. The molecule has 0 heterocycles. The molecule has 2 rings (SSSR count). The van der Waals surface area contributed by atoms with Gasteiger partial charge in [-0.15, -0.1) is 0 Å². The molecule has 25 heavy (non-hydrogen) atoms. The molecule has 0 fully saturated rings. The first-order valence-electron chi connectivity index (χ1n) is 7.82. The second-order valence-electron chi connectivity index (χ2n) is 5.73. The molecule has 0 aromatic heterocycles. The average Bonchev–Trinajstić information content (AvgIpc) is 2.57. The van der Waals surface area contributed by atoms with Crippen molar-refractivity contribution in [3.63, 3.8) is 0 Å². The molecular weight excluding hydrogens is 340 g/mol. The van der Waals surface area contributed by atoms with E-state index in [-0.39, 0.29) is 16.8 Å². The number of methoxy groups -OCH3 is 1. The number of hydrogen-bond acceptors (Lipinski definition) is 4. The zero-order chi connectivity index (χ0) is 18.4. The maximum atomic E-state index is 12.5. The summed E-state index contributed by atoms with van der Waals surface area (Å²) in [7, 11) is -2.15. The first-order chi connectivity index (χ1) is 11.8. The number of anilines is 1. The number of benzene rings is 2. The van der Waals surface area contributed by atoms with E-state index in [1.807, 2.05) is 6.92 Å². The highest BCUT2D eigenvalue weighted by atomic mass is 32.2. The minimum Gasteiger partial charge on any atom is -0.383 e. The van der Waals surface area contributed by atoms with Gasteiger partial charge in [0, 0.05) is 18.7 Å². The van der Waals surface area contributed by atoms with Crippen LogP contribution in [-0.4, -0.2) is 34.1 Å². The van der Waals surface area contributed by atoms with Crippen LogP contribution in [0, 0.1) is 6.92 Å². The van der Waals surface area contributed by atoms with E-state index < -0.39 is 10.0 Å². The molecule has 2 aromatic carbocycles. The highest BCUT2D eigenvalue weighted by Crippen LogP contribution is 2.22. The zero-order valence-electron chi connectivity index (χ0n) is 14.4. The van der Waals surface area contributed by atoms with Crippen LogP contribution in [0.15, 0.2) is 53.4 Å². The van der Waals surface area contributed by atoms with Gasteiger partial charge in [-0.2, -0.15) is 0 Å². The summed E-state index contributed by atoms with van der Waals surface area (Å²) in [5.74, 6) is -0.275. The first-order valence-corrected chi connectivity index (χ1v) is 9.30. The fourth-order valence-corrected chi connectivity index (χ4v) is 3.53. The van der Waals surface area contributed by atoms with Gasteiger partial charge in [-0.25, -0.2) is 8.42 Å². The summed E-state index contributed by atoms with van der Waals surface area (Å²) in [6.07, 6.45) is 0. The van der Waals surface area contributed by atoms with Gasteiger partial charge in [-0.1, -0.05) is 24.3 Å². The lowest BCUT2D eigenvalue weighted by atomic mass is 10.1. The minimum absolute atomic E-state index is 0.151. The molecule has 1 amide bonds. The number of sulfonamides is 1. The first kappa shape index (κ1) is 19.0. The molecule has 0 unspecified atom stereocenters. The van der Waals surface area contributed by atoms with Gasteiger partial charge in [0.1, 0.15) is 0 Å². The third kappa shape index (κ3) is 4.80. The van der Waals surface area contributed by atoms with Crippen molar-refractivity contribution in [2.45, 2.75) is 24.8 Å². The Balaban J connectivity index is 2.25. The van der Waals surface area contributed by atoms with Crippen molar-refractivity contribution in [1.29, 1.82) is 0 Å². The Labute approximate surface area is 148 Å². The normalized spacial score (nSPS) is 12.4. The SMILES string of the molecule is COC[C@@H](C)NC(=O)c1cccc(NS(=O)(=O)c2ccccc2)c1C. The van der Waals surface area contributed by atoms with E-state index >= 15 is 0 Å². The van der Waals surface area contributed by atoms with E-state index in [0.29, 0.717) is 23.4 Å². The Bertz CT molecular complexity index is 835. The zero-order valence-corrected chi connectivity index (χ0v) is 15.3. The second kappa shape index (κ2) is 8.13. The smallest absolute Gasteiger partial charge is 0.261 e. The van der Waals surface area contributed by atoms with E-state index in [9.17, 15) is 13.2 Å². The Morgan fingerprint density at radius 1 is 1.12 bits per heavy atom. The summed E-state index contributed by atoms with van der Waals surface area (Å²) >= 11 is 0. The number of hydrogen-bond donors (Lipinski definition) is 2. The molecular formula is C18H22N2O4S. The van der Waals surface area contributed by atoms with E-state index in [0.717, 1.165) is 0 Å². The van der Waals surface area contributed by atoms with Crippen molar-refractivity contribution in [2.75, 3.05) is 18.4 Å². The molecule has 2 N–H and O–H groups in total. The van der Waals surface area contributed by atoms with Crippen LogP contribution in [0.1, 0.15) is 22.8 Å². The summed E-state index contributed by atoms with van der Waals surface area (Å²) in [5, 5.41) is 2.82. The van der Waals surface area contributed by atoms with E-state index in [1.165, 1.54) is 12.1 Å². The summed E-state index contributed by atoms with van der Waals surface area (Å²) in [5.41, 5.74) is 1.34. The van der Waals surface area contributed by atoms with Gasteiger partial charge in [0.25, 0.3) is 15.9 Å². The van der Waals surface area contributed by atoms with Crippen molar-refractivity contribution >= 4 is 21.6 Å². The maximum Gasteiger partial charge on any atom is 0.261 e. The number of carbonyl (C=O) groups excluding carboxylic acids is 1. The molecule has 6 nitrogen and oxygen atoms in total. The number of nitrogens with one attached hydrogen (secondary N) is 2. The molecule has 7 heteroatoms. The van der Waals surface area contributed by atoms with Gasteiger partial charge in [0.05, 0.1) is 17.2 Å². The molecule has 0 aliphatic rings. The standard InChI is InChI=1S/C18H22N2O4S/c1-13(12-24-3)19-18(21)16-10-7-11-17(14(16)2)20-25(22,23)15-8-5-4-6-9-15/h4-11,13,20H,12H2,1-3H3,(H,19,21)/t13-/m1/s1. The van der Waals surface area contributed by atoms with E-state index in [1.54, 1.807) is 50.4 Å². The lowest BCUT2D eigenvalue weighted by Crippen LogP contribution is -2.36. The second-order valence-corrected chi connectivity index (χ2v) is 7.41. The van der Waals surface area contributed by atoms with Crippen molar-refractivity contribution < 1.29 is 17.9 Å². The molecule has 0 radical (unpaired) electrons. The number of carbonyl (C=O) groups is 1. The van der Waals surface area contributed by atoms with Crippen LogP contribution in [0.2, 0.25) is 0 Å². The number of rotatable bonds is 7. The van der Waals surface area contributed by atoms with Crippen LogP contribution in [0.3, 0.4) is 0 Å². The third-order valence-corrected chi connectivity index (χ3v) is 5.05. The van der Waals surface area contributed by atoms with Crippen molar-refractivity contribution in [2.24, 2.45) is 0 Å². The summed E-state index contributed by atoms with van der Waals surface area (Å²) < 4.78 is 32.5. The summed E-state index contributed by atoms with van der Waals surface area (Å²) in [6, 6.07) is 12.9. The van der Waals surface area contributed by atoms with E-state index in [4.69, 9.17) is 4.74 Å². The van der Waals surface area contributed by atoms with Crippen molar-refractivity contribution in [3.8, 4) is 0 Å². The van der Waals surface area contributed by atoms with Gasteiger partial charge in [-0.3, -0.25) is 9.52 Å². The molecule has 0 aliphatic heterocycles. The van der Waals surface area contributed by atoms with Gasteiger partial charge in [0.2, 0.25) is 0 Å². The molecule has 134 valence electrons. The van der Waals surface area contributed by atoms with Gasteiger partial charge in [-0.05, 0) is 43.7 Å². The van der Waals surface area contributed by atoms with Crippen molar-refractivity contribution in [1.82, 2.24) is 5.32 Å². The molecule has 0 saturated carbocycles. The highest BCUT2D eigenvalue weighted by Gasteiger charge is 2.18. The Hall–Kier alpha value is -2.38. The molecule has 0 spiro atoms. The molecule has 0 aliphatic carbocycles. The Morgan fingerprint density at radius 3 is 2.44 bits per heavy atom. The lowest BCUT2D eigenvalue weighted by Gasteiger charge is -2.16. The maximum absolute atomic E-state index is 12.5. The Kier molecular flexibility index (Phi) is 6.17. The van der Waals surface area contributed by atoms with Crippen molar-refractivity contribution in [3.05, 3.63) is 59.7 Å². The van der Waals surface area contributed by atoms with Crippen LogP contribution in [-0.2, 0) is 14.8 Å². The minimum atomic E-state index is -3.71. The quantitative estimate of drug-likeness (QED) is 0.793. The summed E-state index contributed by atoms with van der Waals surface area (Å²) in [6.45, 7) is 3.93. The third-order valence-electron chi connectivity index (χ3n) is 3.67. The molecule has 2 aromatic rings. The molecule has 0 bridgehead atoms. The van der Waals surface area contributed by atoms with Crippen LogP contribution in [0.4, 0.5) is 5.69 Å². The fraction of sp³-hybridized carbons (Fsp3) is 0.278. The van der Waals surface area contributed by atoms with Crippen LogP contribution < -0.4 is 10.0 Å². The van der Waals surface area contributed by atoms with Gasteiger partial charge in [0.15, 0.2) is 0 Å². The van der Waals surface area contributed by atoms with Gasteiger partial charge >= 0.3 is 0 Å². The Morgan fingerprint density at radius 2 is 1.80 bits per heavy atom. The van der Waals surface area contributed by atoms with Crippen LogP contribution >= 0.6 is 0 Å². The van der Waals surface area contributed by atoms with Crippen LogP contribution in [0.5, 0.6) is 0 Å². The predicted octanol–water partition coefficient (Wildman–Crippen LogP) is 2.56. The van der Waals surface area contributed by atoms with Crippen LogP contribution in [0.25, 0.3) is 0 Å². The predicted molar refractivity (Wildman–Crippen MR) is 97.2 cm³/mol. The highest BCUT2D eigenvalue weighted by molar-refractivity contribution is 7.92. The number of amides is 1. The average molecular weight is 362 g/mol. The monoisotopic (exact) mass is 362 g/mol. The lowest BCUT2D eigenvalue weighted by molar-refractivity contribution is 0.0905.